The number of ether oxygens (including phenoxy) is 1. The van der Waals surface area contributed by atoms with Crippen LogP contribution in [0.25, 0.3) is 10.9 Å². The molecule has 0 radical (unpaired) electrons. The van der Waals surface area contributed by atoms with Crippen LogP contribution in [0.5, 0.6) is 0 Å². The number of likely N-dealkylation sites (tertiary alicyclic amines) is 1. The van der Waals surface area contributed by atoms with Crippen molar-refractivity contribution in [3.05, 3.63) is 28.6 Å². The highest BCUT2D eigenvalue weighted by Crippen LogP contribution is 2.35. The Hall–Kier alpha value is -1.40. The Labute approximate surface area is 149 Å². The van der Waals surface area contributed by atoms with Crippen molar-refractivity contribution in [1.29, 1.82) is 0 Å². The van der Waals surface area contributed by atoms with Crippen LogP contribution in [0.3, 0.4) is 0 Å². The lowest BCUT2D eigenvalue weighted by Crippen LogP contribution is -2.30. The van der Waals surface area contributed by atoms with Gasteiger partial charge in [-0.15, -0.1) is 0 Å². The number of carbonyl (C=O) groups excluding carboxylic acids is 1. The van der Waals surface area contributed by atoms with Crippen LogP contribution in [0.1, 0.15) is 49.5 Å². The largest absolute Gasteiger partial charge is 0.443 e. The molecule has 3 rings (SSSR count). The molecule has 2 aromatic heterocycles. The molecule has 1 fully saturated rings. The number of nitrogens with zero attached hydrogens (tertiary/aromatic N) is 3. The molecule has 0 amide bonds. The van der Waals surface area contributed by atoms with Crippen molar-refractivity contribution in [3.63, 3.8) is 0 Å². The maximum absolute atomic E-state index is 12.9. The molecular formula is C17H22BrN3O2. The van der Waals surface area contributed by atoms with Gasteiger partial charge in [-0.25, -0.2) is 14.3 Å². The topological polar surface area (TPSA) is 47.4 Å². The van der Waals surface area contributed by atoms with Crippen LogP contribution < -0.4 is 0 Å². The Morgan fingerprint density at radius 3 is 2.96 bits per heavy atom. The molecule has 0 bridgehead atoms. The molecule has 0 aliphatic carbocycles. The van der Waals surface area contributed by atoms with Gasteiger partial charge >= 0.3 is 6.09 Å². The highest BCUT2D eigenvalue weighted by Gasteiger charge is 2.30. The van der Waals surface area contributed by atoms with Gasteiger partial charge in [-0.3, -0.25) is 4.90 Å². The van der Waals surface area contributed by atoms with E-state index in [4.69, 9.17) is 8.85 Å². The summed E-state index contributed by atoms with van der Waals surface area (Å²) in [7, 11) is 0. The van der Waals surface area contributed by atoms with Crippen LogP contribution in [0.4, 0.5) is 4.79 Å². The van der Waals surface area contributed by atoms with E-state index >= 15 is 0 Å². The van der Waals surface area contributed by atoms with Crippen molar-refractivity contribution in [2.24, 2.45) is 0 Å². The first-order valence-corrected chi connectivity index (χ1v) is 8.44. The highest BCUT2D eigenvalue weighted by molar-refractivity contribution is 9.10. The van der Waals surface area contributed by atoms with Crippen molar-refractivity contribution in [2.75, 3.05) is 13.5 Å². The molecule has 124 valence electrons. The Morgan fingerprint density at radius 1 is 1.48 bits per heavy atom. The third-order valence-corrected chi connectivity index (χ3v) is 4.28. The van der Waals surface area contributed by atoms with Gasteiger partial charge in [-0.1, -0.05) is 0 Å². The maximum Gasteiger partial charge on any atom is 0.419 e. The van der Waals surface area contributed by atoms with Crippen LogP contribution in [-0.2, 0) is 4.74 Å². The SMILES string of the molecule is [2H]C([2H])([2H])N1CCC[C@@H]1c1cc2cnc(Br)cc2n1C(=O)OC(C)(C)C. The second-order valence-corrected chi connectivity index (χ2v) is 7.61. The van der Waals surface area contributed by atoms with Gasteiger partial charge in [-0.05, 0) is 75.2 Å². The average molecular weight is 383 g/mol. The van der Waals surface area contributed by atoms with Crippen molar-refractivity contribution in [2.45, 2.75) is 45.3 Å². The molecule has 0 unspecified atom stereocenters. The summed E-state index contributed by atoms with van der Waals surface area (Å²) in [6, 6.07) is 3.21. The molecule has 1 atom stereocenters. The first-order valence-electron chi connectivity index (χ1n) is 9.14. The van der Waals surface area contributed by atoms with Gasteiger partial charge < -0.3 is 4.74 Å². The van der Waals surface area contributed by atoms with E-state index in [-0.39, 0.29) is 6.04 Å². The zero-order chi connectivity index (χ0) is 19.3. The monoisotopic (exact) mass is 382 g/mol. The van der Waals surface area contributed by atoms with E-state index in [2.05, 4.69) is 20.9 Å². The predicted octanol–water partition coefficient (Wildman–Crippen LogP) is 4.35. The molecule has 5 nitrogen and oxygen atoms in total. The normalized spacial score (nSPS) is 21.9. The zero-order valence-electron chi connectivity index (χ0n) is 16.5. The van der Waals surface area contributed by atoms with E-state index in [0.717, 1.165) is 11.8 Å². The number of aromatic nitrogens is 2. The summed E-state index contributed by atoms with van der Waals surface area (Å²) < 4.78 is 31.1. The molecule has 0 spiro atoms. The van der Waals surface area contributed by atoms with E-state index < -0.39 is 18.7 Å². The molecular weight excluding hydrogens is 358 g/mol. The van der Waals surface area contributed by atoms with Crippen molar-refractivity contribution in [1.82, 2.24) is 14.5 Å². The van der Waals surface area contributed by atoms with E-state index in [1.54, 1.807) is 33.0 Å². The Bertz CT molecular complexity index is 842. The summed E-state index contributed by atoms with van der Waals surface area (Å²) in [6.45, 7) is 3.67. The van der Waals surface area contributed by atoms with Gasteiger partial charge in [-0.2, -0.15) is 0 Å². The zero-order valence-corrected chi connectivity index (χ0v) is 15.1. The van der Waals surface area contributed by atoms with Crippen LogP contribution in [0.2, 0.25) is 0 Å². The molecule has 1 aliphatic rings. The van der Waals surface area contributed by atoms with Gasteiger partial charge in [0.2, 0.25) is 0 Å². The first kappa shape index (κ1) is 13.0. The highest BCUT2D eigenvalue weighted by atomic mass is 79.9. The van der Waals surface area contributed by atoms with Gasteiger partial charge in [0.15, 0.2) is 0 Å². The Morgan fingerprint density at radius 2 is 2.26 bits per heavy atom. The standard InChI is InChI=1S/C17H22BrN3O2/c1-17(2,3)23-16(22)21-13-9-15(18)19-10-11(13)8-14(21)12-6-5-7-20(12)4/h8-10,12H,5-7H2,1-4H3/t12-/m1/s1/i4D3. The number of hydrogen-bond donors (Lipinski definition) is 0. The second kappa shape index (κ2) is 5.91. The van der Waals surface area contributed by atoms with Crippen LogP contribution >= 0.6 is 15.9 Å². The Balaban J connectivity index is 2.15. The third-order valence-electron chi connectivity index (χ3n) is 3.85. The van der Waals surface area contributed by atoms with E-state index in [9.17, 15) is 4.79 Å². The molecule has 3 heterocycles. The first-order chi connectivity index (χ1) is 12.0. The maximum atomic E-state index is 12.9. The third kappa shape index (κ3) is 3.28. The van der Waals surface area contributed by atoms with Crippen LogP contribution in [-0.4, -0.2) is 39.7 Å². The lowest BCUT2D eigenvalue weighted by atomic mass is 10.1. The van der Waals surface area contributed by atoms with Gasteiger partial charge in [0.1, 0.15) is 10.2 Å². The summed E-state index contributed by atoms with van der Waals surface area (Å²) in [6.07, 6.45) is 2.59. The fraction of sp³-hybridized carbons (Fsp3) is 0.529. The summed E-state index contributed by atoms with van der Waals surface area (Å²) in [5, 5.41) is 0.770. The van der Waals surface area contributed by atoms with Crippen molar-refractivity contribution >= 4 is 32.9 Å². The minimum absolute atomic E-state index is 0.374. The molecule has 1 aliphatic heterocycles. The molecule has 2 aromatic rings. The molecule has 0 N–H and O–H groups in total. The molecule has 6 heteroatoms. The number of halogens is 1. The number of fused-ring (bicyclic) bond motifs is 1. The molecule has 0 aromatic carbocycles. The predicted molar refractivity (Wildman–Crippen MR) is 93.7 cm³/mol. The van der Waals surface area contributed by atoms with E-state index in [1.165, 1.54) is 9.47 Å². The molecule has 23 heavy (non-hydrogen) atoms. The smallest absolute Gasteiger partial charge is 0.419 e. The average Bonchev–Trinajstić information content (AvgIpc) is 3.08. The summed E-state index contributed by atoms with van der Waals surface area (Å²) in [5.41, 5.74) is 0.616. The van der Waals surface area contributed by atoms with Gasteiger partial charge in [0, 0.05) is 21.4 Å². The molecule has 1 saturated heterocycles. The minimum atomic E-state index is -2.21. The van der Waals surface area contributed by atoms with Gasteiger partial charge in [0.05, 0.1) is 11.6 Å². The molecule has 0 saturated carbocycles. The second-order valence-electron chi connectivity index (χ2n) is 6.80. The Kier molecular flexibility index (Phi) is 3.33. The summed E-state index contributed by atoms with van der Waals surface area (Å²) in [4.78, 5) is 18.6. The lowest BCUT2D eigenvalue weighted by Gasteiger charge is -2.24. The summed E-state index contributed by atoms with van der Waals surface area (Å²) >= 11 is 3.34. The van der Waals surface area contributed by atoms with Crippen LogP contribution in [0.15, 0.2) is 22.9 Å². The number of carbonyl (C=O) groups is 1. The quantitative estimate of drug-likeness (QED) is 0.687. The number of pyridine rings is 1. The minimum Gasteiger partial charge on any atom is -0.443 e. The van der Waals surface area contributed by atoms with Gasteiger partial charge in [0.25, 0.3) is 0 Å². The van der Waals surface area contributed by atoms with Crippen molar-refractivity contribution in [3.8, 4) is 0 Å². The lowest BCUT2D eigenvalue weighted by molar-refractivity contribution is 0.0534. The fourth-order valence-corrected chi connectivity index (χ4v) is 3.25. The van der Waals surface area contributed by atoms with Crippen LogP contribution in [0, 0.1) is 0 Å². The fourth-order valence-electron chi connectivity index (χ4n) is 2.93. The summed E-state index contributed by atoms with van der Waals surface area (Å²) in [5.74, 6) is 0. The van der Waals surface area contributed by atoms with E-state index in [0.29, 0.717) is 28.8 Å². The van der Waals surface area contributed by atoms with E-state index in [1.807, 2.05) is 6.07 Å². The number of hydrogen-bond acceptors (Lipinski definition) is 4. The van der Waals surface area contributed by atoms with Crippen molar-refractivity contribution < 1.29 is 13.6 Å². The number of rotatable bonds is 1.